The quantitative estimate of drug-likeness (QED) is 0.577. The number of fused-ring (bicyclic) bond motifs is 1. The summed E-state index contributed by atoms with van der Waals surface area (Å²) in [5, 5.41) is 7.12. The molecule has 1 N–H and O–H groups in total. The number of ether oxygens (including phenoxy) is 3. The van der Waals surface area contributed by atoms with Crippen LogP contribution in [0.1, 0.15) is 22.3 Å². The van der Waals surface area contributed by atoms with Gasteiger partial charge in [0.15, 0.2) is 16.6 Å². The number of hydrogen-bond donors (Lipinski definition) is 1. The van der Waals surface area contributed by atoms with Gasteiger partial charge in [0, 0.05) is 11.6 Å². The summed E-state index contributed by atoms with van der Waals surface area (Å²) >= 11 is 1.01. The summed E-state index contributed by atoms with van der Waals surface area (Å²) in [4.78, 5) is 41.0. The standard InChI is InChI=1S/C20H18N4O6S/c1-3-28-19(27)18-11(2)21-20(31-18)22-16(25)9-24-17(26)7-5-13(23-24)12-4-6-14-15(8-12)30-10-29-14/h4-8H,3,9-10H2,1-2H3,(H,21,22,25). The number of hydrogen-bond acceptors (Lipinski definition) is 9. The normalized spacial score (nSPS) is 11.9. The van der Waals surface area contributed by atoms with Crippen LogP contribution in [-0.4, -0.2) is 40.0 Å². The van der Waals surface area contributed by atoms with Gasteiger partial charge in [-0.2, -0.15) is 5.10 Å². The molecule has 0 fully saturated rings. The lowest BCUT2D eigenvalue weighted by molar-refractivity contribution is -0.117. The number of nitrogens with zero attached hydrogens (tertiary/aromatic N) is 3. The third-order valence-electron chi connectivity index (χ3n) is 4.33. The van der Waals surface area contributed by atoms with E-state index < -0.39 is 17.4 Å². The Morgan fingerprint density at radius 3 is 2.84 bits per heavy atom. The maximum Gasteiger partial charge on any atom is 0.350 e. The van der Waals surface area contributed by atoms with Crippen molar-refractivity contribution in [2.75, 3.05) is 18.7 Å². The van der Waals surface area contributed by atoms with Crippen LogP contribution in [0, 0.1) is 6.92 Å². The Balaban J connectivity index is 1.50. The van der Waals surface area contributed by atoms with E-state index in [4.69, 9.17) is 14.2 Å². The minimum atomic E-state index is -0.499. The van der Waals surface area contributed by atoms with E-state index in [1.54, 1.807) is 38.1 Å². The molecule has 3 heterocycles. The highest BCUT2D eigenvalue weighted by atomic mass is 32.1. The van der Waals surface area contributed by atoms with E-state index in [1.807, 2.05) is 0 Å². The van der Waals surface area contributed by atoms with Crippen LogP contribution in [0.5, 0.6) is 11.5 Å². The van der Waals surface area contributed by atoms with Gasteiger partial charge in [-0.1, -0.05) is 11.3 Å². The lowest BCUT2D eigenvalue weighted by atomic mass is 10.1. The van der Waals surface area contributed by atoms with Crippen molar-refractivity contribution < 1.29 is 23.8 Å². The van der Waals surface area contributed by atoms with Crippen molar-refractivity contribution in [1.82, 2.24) is 14.8 Å². The number of aromatic nitrogens is 3. The van der Waals surface area contributed by atoms with Crippen LogP contribution in [0.2, 0.25) is 0 Å². The summed E-state index contributed by atoms with van der Waals surface area (Å²) in [6, 6.07) is 8.22. The first-order valence-corrected chi connectivity index (χ1v) is 10.2. The zero-order chi connectivity index (χ0) is 22.0. The smallest absolute Gasteiger partial charge is 0.350 e. The number of carbonyl (C=O) groups excluding carboxylic acids is 2. The molecule has 0 saturated heterocycles. The fourth-order valence-corrected chi connectivity index (χ4v) is 3.78. The van der Waals surface area contributed by atoms with Gasteiger partial charge in [-0.15, -0.1) is 0 Å². The molecule has 11 heteroatoms. The van der Waals surface area contributed by atoms with E-state index in [0.29, 0.717) is 33.3 Å². The van der Waals surface area contributed by atoms with Crippen LogP contribution < -0.4 is 20.3 Å². The molecule has 31 heavy (non-hydrogen) atoms. The molecule has 0 unspecified atom stereocenters. The summed E-state index contributed by atoms with van der Waals surface area (Å²) in [6.07, 6.45) is 0. The molecule has 2 aromatic heterocycles. The largest absolute Gasteiger partial charge is 0.462 e. The van der Waals surface area contributed by atoms with Crippen LogP contribution in [0.3, 0.4) is 0 Å². The third-order valence-corrected chi connectivity index (χ3v) is 5.39. The summed E-state index contributed by atoms with van der Waals surface area (Å²) in [6.45, 7) is 3.44. The van der Waals surface area contributed by atoms with Crippen LogP contribution in [-0.2, 0) is 16.1 Å². The number of aryl methyl sites for hydroxylation is 1. The molecule has 0 bridgehead atoms. The summed E-state index contributed by atoms with van der Waals surface area (Å²) in [5.41, 5.74) is 1.24. The maximum atomic E-state index is 12.5. The first-order chi connectivity index (χ1) is 14.9. The zero-order valence-corrected chi connectivity index (χ0v) is 17.5. The minimum absolute atomic E-state index is 0.153. The molecule has 0 spiro atoms. The summed E-state index contributed by atoms with van der Waals surface area (Å²) < 4.78 is 16.7. The van der Waals surface area contributed by atoms with Crippen LogP contribution >= 0.6 is 11.3 Å². The summed E-state index contributed by atoms with van der Waals surface area (Å²) in [7, 11) is 0. The number of amides is 1. The van der Waals surface area contributed by atoms with E-state index in [1.165, 1.54) is 6.07 Å². The van der Waals surface area contributed by atoms with Gasteiger partial charge in [0.2, 0.25) is 12.7 Å². The average Bonchev–Trinajstić information content (AvgIpc) is 3.35. The first kappa shape index (κ1) is 20.5. The van der Waals surface area contributed by atoms with Gasteiger partial charge in [-0.3, -0.25) is 9.59 Å². The van der Waals surface area contributed by atoms with Gasteiger partial charge in [0.1, 0.15) is 11.4 Å². The molecule has 10 nitrogen and oxygen atoms in total. The molecule has 3 aromatic rings. The second kappa shape index (κ2) is 8.56. The van der Waals surface area contributed by atoms with E-state index >= 15 is 0 Å². The zero-order valence-electron chi connectivity index (χ0n) is 16.7. The molecule has 1 aliphatic rings. The lowest BCUT2D eigenvalue weighted by Crippen LogP contribution is -2.29. The number of nitrogens with one attached hydrogen (secondary N) is 1. The fourth-order valence-electron chi connectivity index (χ4n) is 2.90. The Hall–Kier alpha value is -3.73. The fraction of sp³-hybridized carbons (Fsp3) is 0.250. The van der Waals surface area contributed by atoms with Crippen molar-refractivity contribution in [3.8, 4) is 22.8 Å². The molecule has 0 radical (unpaired) electrons. The average molecular weight is 442 g/mol. The molecule has 0 atom stereocenters. The Kier molecular flexibility index (Phi) is 5.67. The molecule has 1 amide bonds. The van der Waals surface area contributed by atoms with Crippen molar-refractivity contribution in [2.24, 2.45) is 0 Å². The van der Waals surface area contributed by atoms with E-state index in [2.05, 4.69) is 15.4 Å². The van der Waals surface area contributed by atoms with Gasteiger partial charge in [-0.25, -0.2) is 14.5 Å². The van der Waals surface area contributed by atoms with Gasteiger partial charge in [0.05, 0.1) is 18.0 Å². The molecular weight excluding hydrogens is 424 g/mol. The molecular formula is C20H18N4O6S. The minimum Gasteiger partial charge on any atom is -0.462 e. The SMILES string of the molecule is CCOC(=O)c1sc(NC(=O)Cn2nc(-c3ccc4c(c3)OCO4)ccc2=O)nc1C. The van der Waals surface area contributed by atoms with Crippen molar-refractivity contribution >= 4 is 28.3 Å². The predicted octanol–water partition coefficient (Wildman–Crippen LogP) is 2.22. The van der Waals surface area contributed by atoms with Crippen molar-refractivity contribution in [1.29, 1.82) is 0 Å². The van der Waals surface area contributed by atoms with E-state index in [0.717, 1.165) is 16.0 Å². The number of rotatable bonds is 6. The molecule has 160 valence electrons. The van der Waals surface area contributed by atoms with E-state index in [9.17, 15) is 14.4 Å². The Bertz CT molecular complexity index is 1220. The summed E-state index contributed by atoms with van der Waals surface area (Å²) in [5.74, 6) is 0.234. The lowest BCUT2D eigenvalue weighted by Gasteiger charge is -2.07. The Morgan fingerprint density at radius 1 is 1.23 bits per heavy atom. The maximum absolute atomic E-state index is 12.5. The third kappa shape index (κ3) is 4.40. The first-order valence-electron chi connectivity index (χ1n) is 9.37. The molecule has 4 rings (SSSR count). The monoisotopic (exact) mass is 442 g/mol. The number of esters is 1. The molecule has 0 aliphatic carbocycles. The molecule has 1 aliphatic heterocycles. The highest BCUT2D eigenvalue weighted by molar-refractivity contribution is 7.17. The van der Waals surface area contributed by atoms with Crippen molar-refractivity contribution in [3.63, 3.8) is 0 Å². The van der Waals surface area contributed by atoms with E-state index in [-0.39, 0.29) is 25.1 Å². The van der Waals surface area contributed by atoms with Crippen LogP contribution in [0.25, 0.3) is 11.3 Å². The van der Waals surface area contributed by atoms with Crippen molar-refractivity contribution in [2.45, 2.75) is 20.4 Å². The van der Waals surface area contributed by atoms with Gasteiger partial charge < -0.3 is 19.5 Å². The number of anilines is 1. The van der Waals surface area contributed by atoms with Crippen LogP contribution in [0.4, 0.5) is 5.13 Å². The number of benzene rings is 1. The highest BCUT2D eigenvalue weighted by Gasteiger charge is 2.18. The molecule has 1 aromatic carbocycles. The number of thiazole rings is 1. The van der Waals surface area contributed by atoms with Gasteiger partial charge in [-0.05, 0) is 38.1 Å². The highest BCUT2D eigenvalue weighted by Crippen LogP contribution is 2.35. The predicted molar refractivity (Wildman–Crippen MR) is 111 cm³/mol. The Labute approximate surface area is 180 Å². The second-order valence-corrected chi connectivity index (χ2v) is 7.48. The second-order valence-electron chi connectivity index (χ2n) is 6.48. The Morgan fingerprint density at radius 2 is 2.03 bits per heavy atom. The van der Waals surface area contributed by atoms with Gasteiger partial charge in [0.25, 0.3) is 5.56 Å². The van der Waals surface area contributed by atoms with Gasteiger partial charge >= 0.3 is 5.97 Å². The van der Waals surface area contributed by atoms with Crippen LogP contribution in [0.15, 0.2) is 35.1 Å². The van der Waals surface area contributed by atoms with Crippen molar-refractivity contribution in [3.05, 3.63) is 51.3 Å². The molecule has 0 saturated carbocycles. The topological polar surface area (TPSA) is 122 Å². The number of carbonyl (C=O) groups is 2.